The Labute approximate surface area is 130 Å². The van der Waals surface area contributed by atoms with Gasteiger partial charge in [-0.05, 0) is 55.4 Å². The zero-order valence-electron chi connectivity index (χ0n) is 12.5. The lowest BCUT2D eigenvalue weighted by molar-refractivity contribution is -0.120. The number of carbonyl (C=O) groups excluding carboxylic acids is 1. The van der Waals surface area contributed by atoms with Crippen molar-refractivity contribution in [3.05, 3.63) is 23.3 Å². The van der Waals surface area contributed by atoms with Crippen molar-refractivity contribution in [2.45, 2.75) is 43.0 Å². The van der Waals surface area contributed by atoms with Crippen molar-refractivity contribution in [2.24, 2.45) is 0 Å². The summed E-state index contributed by atoms with van der Waals surface area (Å²) in [6, 6.07) is 2.61. The molecule has 0 bridgehead atoms. The number of nitrogens with one attached hydrogen (secondary N) is 2. The highest BCUT2D eigenvalue weighted by atomic mass is 32.2. The summed E-state index contributed by atoms with van der Waals surface area (Å²) in [4.78, 5) is 11.9. The summed E-state index contributed by atoms with van der Waals surface area (Å²) in [5, 5.41) is 2.64. The summed E-state index contributed by atoms with van der Waals surface area (Å²) in [5.41, 5.74) is 1.81. The highest BCUT2D eigenvalue weighted by Gasteiger charge is 2.31. The normalized spacial score (nSPS) is 21.3. The van der Waals surface area contributed by atoms with Gasteiger partial charge in [-0.3, -0.25) is 4.79 Å². The maximum absolute atomic E-state index is 12.7. The van der Waals surface area contributed by atoms with Crippen LogP contribution in [0.5, 0.6) is 5.75 Å². The zero-order valence-corrected chi connectivity index (χ0v) is 13.3. The summed E-state index contributed by atoms with van der Waals surface area (Å²) in [6.07, 6.45) is 4.03. The summed E-state index contributed by atoms with van der Waals surface area (Å²) in [6.45, 7) is 0.507. The molecular weight excluding hydrogens is 304 g/mol. The molecule has 1 fully saturated rings. The van der Waals surface area contributed by atoms with Crippen LogP contribution in [-0.2, 0) is 27.7 Å². The van der Waals surface area contributed by atoms with Crippen LogP contribution in [0.2, 0.25) is 0 Å². The summed E-state index contributed by atoms with van der Waals surface area (Å²) >= 11 is 0. The van der Waals surface area contributed by atoms with Crippen molar-refractivity contribution >= 4 is 15.9 Å². The van der Waals surface area contributed by atoms with Crippen LogP contribution in [0.15, 0.2) is 17.0 Å². The number of rotatable bonds is 4. The third-order valence-corrected chi connectivity index (χ3v) is 5.86. The van der Waals surface area contributed by atoms with Crippen LogP contribution in [-0.4, -0.2) is 34.0 Å². The number of sulfonamides is 1. The SMILES string of the molecule is COc1ccc(S(=O)(=O)NC2CCNC2=O)c2c1CCCC2. The molecule has 2 N–H and O–H groups in total. The first-order chi connectivity index (χ1) is 10.5. The molecule has 1 aliphatic carbocycles. The van der Waals surface area contributed by atoms with Gasteiger partial charge >= 0.3 is 0 Å². The number of benzene rings is 1. The Bertz CT molecular complexity index is 700. The molecule has 7 heteroatoms. The Hall–Kier alpha value is -1.60. The topological polar surface area (TPSA) is 84.5 Å². The monoisotopic (exact) mass is 324 g/mol. The third-order valence-electron chi connectivity index (χ3n) is 4.30. The van der Waals surface area contributed by atoms with Gasteiger partial charge < -0.3 is 10.1 Å². The largest absolute Gasteiger partial charge is 0.496 e. The van der Waals surface area contributed by atoms with Crippen molar-refractivity contribution < 1.29 is 17.9 Å². The van der Waals surface area contributed by atoms with Gasteiger partial charge in [0.2, 0.25) is 15.9 Å². The maximum Gasteiger partial charge on any atom is 0.241 e. The van der Waals surface area contributed by atoms with Gasteiger partial charge in [-0.2, -0.15) is 4.72 Å². The van der Waals surface area contributed by atoms with E-state index >= 15 is 0 Å². The fourth-order valence-electron chi connectivity index (χ4n) is 3.20. The van der Waals surface area contributed by atoms with E-state index in [1.807, 2.05) is 0 Å². The molecule has 1 atom stereocenters. The summed E-state index contributed by atoms with van der Waals surface area (Å²) in [7, 11) is -2.11. The van der Waals surface area contributed by atoms with Gasteiger partial charge in [0.05, 0.1) is 12.0 Å². The van der Waals surface area contributed by atoms with E-state index in [2.05, 4.69) is 10.0 Å². The minimum Gasteiger partial charge on any atom is -0.496 e. The first kappa shape index (κ1) is 15.3. The van der Waals surface area contributed by atoms with Crippen LogP contribution in [0.3, 0.4) is 0 Å². The smallest absolute Gasteiger partial charge is 0.241 e. The standard InChI is InChI=1S/C15H20N2O4S/c1-21-13-6-7-14(11-5-3-2-4-10(11)13)22(19,20)17-12-8-9-16-15(12)18/h6-7,12,17H,2-5,8-9H2,1H3,(H,16,18). The minimum absolute atomic E-state index is 0.258. The van der Waals surface area contributed by atoms with Crippen molar-refractivity contribution in [3.8, 4) is 5.75 Å². The predicted molar refractivity (Wildman–Crippen MR) is 81.4 cm³/mol. The molecule has 2 aliphatic rings. The molecular formula is C15H20N2O4S. The Balaban J connectivity index is 1.98. The van der Waals surface area contributed by atoms with Crippen LogP contribution < -0.4 is 14.8 Å². The van der Waals surface area contributed by atoms with E-state index in [0.29, 0.717) is 13.0 Å². The number of hydrogen-bond donors (Lipinski definition) is 2. The number of hydrogen-bond acceptors (Lipinski definition) is 4. The van der Waals surface area contributed by atoms with Crippen molar-refractivity contribution in [1.29, 1.82) is 0 Å². The molecule has 6 nitrogen and oxygen atoms in total. The van der Waals surface area contributed by atoms with Crippen molar-refractivity contribution in [1.82, 2.24) is 10.0 Å². The Kier molecular flexibility index (Phi) is 4.10. The van der Waals surface area contributed by atoms with E-state index < -0.39 is 16.1 Å². The second kappa shape index (κ2) is 5.89. The van der Waals surface area contributed by atoms with Crippen molar-refractivity contribution in [3.63, 3.8) is 0 Å². The van der Waals surface area contributed by atoms with Gasteiger partial charge in [-0.25, -0.2) is 8.42 Å². The number of methoxy groups -OCH3 is 1. The Morgan fingerprint density at radius 3 is 2.59 bits per heavy atom. The van der Waals surface area contributed by atoms with Gasteiger partial charge in [0.1, 0.15) is 11.8 Å². The van der Waals surface area contributed by atoms with E-state index in [4.69, 9.17) is 4.74 Å². The predicted octanol–water partition coefficient (Wildman–Crippen LogP) is 0.741. The average Bonchev–Trinajstić information content (AvgIpc) is 2.90. The number of carbonyl (C=O) groups is 1. The van der Waals surface area contributed by atoms with E-state index in [1.54, 1.807) is 19.2 Å². The molecule has 1 aromatic rings. The Morgan fingerprint density at radius 2 is 1.95 bits per heavy atom. The molecule has 0 saturated carbocycles. The highest BCUT2D eigenvalue weighted by molar-refractivity contribution is 7.89. The quantitative estimate of drug-likeness (QED) is 0.855. The van der Waals surface area contributed by atoms with Gasteiger partial charge in [-0.1, -0.05) is 0 Å². The molecule has 1 amide bonds. The lowest BCUT2D eigenvalue weighted by Gasteiger charge is -2.22. The molecule has 0 spiro atoms. The van der Waals surface area contributed by atoms with Crippen LogP contribution in [0.4, 0.5) is 0 Å². The summed E-state index contributed by atoms with van der Waals surface area (Å²) < 4.78 is 33.2. The van der Waals surface area contributed by atoms with Crippen LogP contribution in [0, 0.1) is 0 Å². The van der Waals surface area contributed by atoms with E-state index in [0.717, 1.165) is 42.6 Å². The van der Waals surface area contributed by atoms with Crippen LogP contribution >= 0.6 is 0 Å². The second-order valence-electron chi connectivity index (χ2n) is 5.68. The molecule has 22 heavy (non-hydrogen) atoms. The second-order valence-corrected chi connectivity index (χ2v) is 7.37. The van der Waals surface area contributed by atoms with Crippen LogP contribution in [0.1, 0.15) is 30.4 Å². The average molecular weight is 324 g/mol. The van der Waals surface area contributed by atoms with E-state index in [1.165, 1.54) is 0 Å². The van der Waals surface area contributed by atoms with E-state index in [9.17, 15) is 13.2 Å². The lowest BCUT2D eigenvalue weighted by Crippen LogP contribution is -2.40. The molecule has 0 radical (unpaired) electrons. The first-order valence-electron chi connectivity index (χ1n) is 7.52. The Morgan fingerprint density at radius 1 is 1.23 bits per heavy atom. The van der Waals surface area contributed by atoms with Gasteiger partial charge in [0.25, 0.3) is 0 Å². The van der Waals surface area contributed by atoms with Crippen molar-refractivity contribution in [2.75, 3.05) is 13.7 Å². The summed E-state index contributed by atoms with van der Waals surface area (Å²) in [5.74, 6) is 0.484. The molecule has 1 aromatic carbocycles. The first-order valence-corrected chi connectivity index (χ1v) is 9.00. The number of ether oxygens (including phenoxy) is 1. The van der Waals surface area contributed by atoms with Crippen LogP contribution in [0.25, 0.3) is 0 Å². The molecule has 120 valence electrons. The minimum atomic E-state index is -3.71. The fraction of sp³-hybridized carbons (Fsp3) is 0.533. The fourth-order valence-corrected chi connectivity index (χ4v) is 4.73. The lowest BCUT2D eigenvalue weighted by atomic mass is 9.91. The van der Waals surface area contributed by atoms with E-state index in [-0.39, 0.29) is 10.8 Å². The molecule has 1 unspecified atom stereocenters. The van der Waals surface area contributed by atoms with Gasteiger partial charge in [-0.15, -0.1) is 0 Å². The maximum atomic E-state index is 12.7. The number of amides is 1. The molecule has 1 heterocycles. The molecule has 3 rings (SSSR count). The zero-order chi connectivity index (χ0) is 15.7. The highest BCUT2D eigenvalue weighted by Crippen LogP contribution is 2.34. The van der Waals surface area contributed by atoms with Gasteiger partial charge in [0, 0.05) is 6.54 Å². The molecule has 1 saturated heterocycles. The number of fused-ring (bicyclic) bond motifs is 1. The van der Waals surface area contributed by atoms with Gasteiger partial charge in [0.15, 0.2) is 0 Å². The third kappa shape index (κ3) is 2.70. The molecule has 1 aliphatic heterocycles. The molecule has 0 aromatic heterocycles.